The minimum absolute atomic E-state index is 0.500. The number of hydrogen-bond acceptors (Lipinski definition) is 2. The van der Waals surface area contributed by atoms with Crippen molar-refractivity contribution >= 4 is 22.1 Å². The van der Waals surface area contributed by atoms with Crippen LogP contribution in [-0.2, 0) is 7.05 Å². The van der Waals surface area contributed by atoms with Crippen molar-refractivity contribution in [1.82, 2.24) is 4.98 Å². The van der Waals surface area contributed by atoms with Gasteiger partial charge in [0, 0.05) is 30.0 Å². The maximum atomic E-state index is 9.48. The Morgan fingerprint density at radius 2 is 1.73 bits per heavy atom. The van der Waals surface area contributed by atoms with E-state index < -0.39 is 5.89 Å². The molecular weight excluding hydrogens is 404 g/mol. The lowest BCUT2D eigenvalue weighted by atomic mass is 9.62. The number of aromatic nitrogens is 2. The first-order valence-corrected chi connectivity index (χ1v) is 12.7. The number of hydrogen-bond donors (Lipinski definition) is 0. The molecule has 6 rings (SSSR count). The predicted octanol–water partition coefficient (Wildman–Crippen LogP) is 7.70. The van der Waals surface area contributed by atoms with E-state index in [0.717, 1.165) is 51.7 Å². The highest BCUT2D eigenvalue weighted by atomic mass is 16.3. The van der Waals surface area contributed by atoms with Crippen LogP contribution in [0.4, 0.5) is 0 Å². The van der Waals surface area contributed by atoms with E-state index >= 15 is 0 Å². The summed E-state index contributed by atoms with van der Waals surface area (Å²) in [6.07, 6.45) is 13.4. The molecular formula is C30H35N2O+. The van der Waals surface area contributed by atoms with Gasteiger partial charge in [0.2, 0.25) is 11.4 Å². The number of fused-ring (bicyclic) bond motifs is 3. The summed E-state index contributed by atoms with van der Waals surface area (Å²) in [6.45, 7) is 4.15. The van der Waals surface area contributed by atoms with E-state index in [-0.39, 0.29) is 0 Å². The molecule has 1 aromatic carbocycles. The molecule has 2 aliphatic carbocycles. The summed E-state index contributed by atoms with van der Waals surface area (Å²) in [6, 6.07) is 12.9. The summed E-state index contributed by atoms with van der Waals surface area (Å²) in [4.78, 5) is 4.64. The fraction of sp³-hybridized carbons (Fsp3) is 0.467. The molecule has 3 nitrogen and oxygen atoms in total. The second-order valence-electron chi connectivity index (χ2n) is 10.6. The van der Waals surface area contributed by atoms with Crippen LogP contribution in [0.1, 0.15) is 81.9 Å². The third-order valence-electron chi connectivity index (χ3n) is 8.50. The van der Waals surface area contributed by atoms with Gasteiger partial charge in [-0.15, -0.1) is 0 Å². The number of aryl methyl sites for hydroxylation is 3. The monoisotopic (exact) mass is 440 g/mol. The lowest BCUT2D eigenvalue weighted by Crippen LogP contribution is -2.32. The molecule has 2 fully saturated rings. The highest BCUT2D eigenvalue weighted by molar-refractivity contribution is 6.08. The summed E-state index contributed by atoms with van der Waals surface area (Å²) in [5.74, 6) is -0.500. The number of nitrogens with zero attached hydrogens (tertiary/aromatic N) is 2. The van der Waals surface area contributed by atoms with Crippen molar-refractivity contribution in [3.8, 4) is 11.3 Å². The van der Waals surface area contributed by atoms with Crippen LogP contribution < -0.4 is 4.57 Å². The SMILES string of the molecule is [2H]C1(c2cc[n+](C)c(-c3c(C)ccc4c3oc3nc(C)ccc34)c2)CCC2(CCCCC2)CC1. The first-order chi connectivity index (χ1) is 16.4. The van der Waals surface area contributed by atoms with E-state index in [9.17, 15) is 1.37 Å². The van der Waals surface area contributed by atoms with Crippen molar-refractivity contribution < 1.29 is 10.4 Å². The average Bonchev–Trinajstić information content (AvgIpc) is 3.20. The molecule has 0 saturated heterocycles. The molecule has 4 aromatic rings. The molecule has 3 aromatic heterocycles. The Hall–Kier alpha value is -2.68. The largest absolute Gasteiger partial charge is 0.437 e. The van der Waals surface area contributed by atoms with Crippen molar-refractivity contribution in [2.45, 2.75) is 77.5 Å². The molecule has 0 atom stereocenters. The van der Waals surface area contributed by atoms with Gasteiger partial charge in [0.05, 0.1) is 5.56 Å². The van der Waals surface area contributed by atoms with Gasteiger partial charge in [-0.3, -0.25) is 0 Å². The van der Waals surface area contributed by atoms with Crippen LogP contribution in [0.2, 0.25) is 0 Å². The number of rotatable bonds is 2. The zero-order valence-electron chi connectivity index (χ0n) is 21.2. The Kier molecular flexibility index (Phi) is 4.77. The maximum Gasteiger partial charge on any atom is 0.227 e. The quantitative estimate of drug-likeness (QED) is 0.299. The van der Waals surface area contributed by atoms with Crippen LogP contribution in [0.5, 0.6) is 0 Å². The number of furan rings is 1. The molecule has 33 heavy (non-hydrogen) atoms. The molecule has 0 N–H and O–H groups in total. The molecule has 1 spiro atoms. The third-order valence-corrected chi connectivity index (χ3v) is 8.50. The minimum atomic E-state index is -0.500. The molecule has 0 amide bonds. The molecule has 0 bridgehead atoms. The van der Waals surface area contributed by atoms with Gasteiger partial charge in [-0.05, 0) is 86.9 Å². The first kappa shape index (κ1) is 19.8. The van der Waals surface area contributed by atoms with Gasteiger partial charge < -0.3 is 4.42 Å². The van der Waals surface area contributed by atoms with Gasteiger partial charge in [-0.25, -0.2) is 9.55 Å². The van der Waals surface area contributed by atoms with Gasteiger partial charge in [0.25, 0.3) is 0 Å². The van der Waals surface area contributed by atoms with E-state index in [0.29, 0.717) is 11.1 Å². The maximum absolute atomic E-state index is 9.48. The molecule has 170 valence electrons. The summed E-state index contributed by atoms with van der Waals surface area (Å²) >= 11 is 0. The van der Waals surface area contributed by atoms with Gasteiger partial charge in [-0.2, -0.15) is 0 Å². The van der Waals surface area contributed by atoms with Crippen LogP contribution in [0.15, 0.2) is 47.0 Å². The van der Waals surface area contributed by atoms with Crippen molar-refractivity contribution in [1.29, 1.82) is 0 Å². The minimum Gasteiger partial charge on any atom is -0.437 e. The summed E-state index contributed by atoms with van der Waals surface area (Å²) in [5, 5.41) is 2.16. The molecule has 2 saturated carbocycles. The smallest absolute Gasteiger partial charge is 0.227 e. The zero-order chi connectivity index (χ0) is 23.5. The highest BCUT2D eigenvalue weighted by Crippen LogP contribution is 2.51. The van der Waals surface area contributed by atoms with Crippen molar-refractivity contribution in [3.63, 3.8) is 0 Å². The third kappa shape index (κ3) is 3.57. The Bertz CT molecular complexity index is 1390. The van der Waals surface area contributed by atoms with Crippen LogP contribution in [0.3, 0.4) is 0 Å². The van der Waals surface area contributed by atoms with Gasteiger partial charge in [-0.1, -0.05) is 31.4 Å². The van der Waals surface area contributed by atoms with E-state index in [1.165, 1.54) is 50.5 Å². The Balaban J connectivity index is 1.43. The first-order valence-electron chi connectivity index (χ1n) is 13.2. The number of pyridine rings is 2. The topological polar surface area (TPSA) is 29.9 Å². The lowest BCUT2D eigenvalue weighted by Gasteiger charge is -2.43. The molecule has 0 unspecified atom stereocenters. The summed E-state index contributed by atoms with van der Waals surface area (Å²) < 4.78 is 18.0. The fourth-order valence-corrected chi connectivity index (χ4v) is 6.44. The molecule has 2 aliphatic rings. The van der Waals surface area contributed by atoms with Gasteiger partial charge in [0.1, 0.15) is 7.05 Å². The Morgan fingerprint density at radius 3 is 2.52 bits per heavy atom. The summed E-state index contributed by atoms with van der Waals surface area (Å²) in [7, 11) is 2.09. The van der Waals surface area contributed by atoms with Crippen molar-refractivity contribution in [2.24, 2.45) is 12.5 Å². The van der Waals surface area contributed by atoms with E-state index in [1.807, 2.05) is 13.0 Å². The molecule has 3 heteroatoms. The van der Waals surface area contributed by atoms with Crippen molar-refractivity contribution in [3.05, 3.63) is 59.4 Å². The number of benzene rings is 1. The second kappa shape index (κ2) is 7.97. The highest BCUT2D eigenvalue weighted by Gasteiger charge is 2.37. The van der Waals surface area contributed by atoms with Crippen LogP contribution in [-0.4, -0.2) is 4.98 Å². The van der Waals surface area contributed by atoms with Gasteiger partial charge in [0.15, 0.2) is 11.8 Å². The van der Waals surface area contributed by atoms with E-state index in [4.69, 9.17) is 4.42 Å². The Morgan fingerprint density at radius 1 is 0.970 bits per heavy atom. The van der Waals surface area contributed by atoms with E-state index in [1.54, 1.807) is 0 Å². The fourth-order valence-electron chi connectivity index (χ4n) is 6.44. The van der Waals surface area contributed by atoms with Crippen LogP contribution in [0, 0.1) is 19.3 Å². The van der Waals surface area contributed by atoms with Crippen LogP contribution in [0.25, 0.3) is 33.3 Å². The average molecular weight is 441 g/mol. The summed E-state index contributed by atoms with van der Waals surface area (Å²) in [5.41, 5.74) is 7.62. The second-order valence-corrected chi connectivity index (χ2v) is 10.6. The van der Waals surface area contributed by atoms with E-state index in [2.05, 4.69) is 60.1 Å². The lowest BCUT2D eigenvalue weighted by molar-refractivity contribution is -0.660. The molecule has 0 aliphatic heterocycles. The standard InChI is InChI=1S/C30H35N2O/c1-20-7-9-24-25-10-8-21(2)31-29(25)33-28(24)27(20)26-19-23(13-18-32(26)3)22-11-16-30(17-12-22)14-5-4-6-15-30/h7-10,13,18-19,22H,4-6,11-12,14-17H2,1-3H3/q+1/i22D. The van der Waals surface area contributed by atoms with Crippen LogP contribution >= 0.6 is 0 Å². The molecule has 0 radical (unpaired) electrons. The zero-order valence-corrected chi connectivity index (χ0v) is 20.2. The molecule has 3 heterocycles. The normalized spacial score (nSPS) is 20.4. The predicted molar refractivity (Wildman–Crippen MR) is 134 cm³/mol. The Labute approximate surface area is 198 Å². The van der Waals surface area contributed by atoms with Crippen molar-refractivity contribution in [2.75, 3.05) is 0 Å². The van der Waals surface area contributed by atoms with Gasteiger partial charge >= 0.3 is 0 Å².